The zero-order valence-electron chi connectivity index (χ0n) is 14.5. The van der Waals surface area contributed by atoms with Crippen LogP contribution >= 0.6 is 45.8 Å². The van der Waals surface area contributed by atoms with E-state index in [1.54, 1.807) is 31.4 Å². The summed E-state index contributed by atoms with van der Waals surface area (Å²) in [6.45, 7) is 3.98. The number of hydrogen-bond donors (Lipinski definition) is 0. The highest BCUT2D eigenvalue weighted by molar-refractivity contribution is 14.1. The van der Waals surface area contributed by atoms with E-state index in [4.69, 9.17) is 37.4 Å². The van der Waals surface area contributed by atoms with Gasteiger partial charge in [-0.05, 0) is 64.1 Å². The van der Waals surface area contributed by atoms with Crippen LogP contribution in [0.15, 0.2) is 49.1 Å². The summed E-state index contributed by atoms with van der Waals surface area (Å²) in [7, 11) is 1.56. The van der Waals surface area contributed by atoms with Gasteiger partial charge in [-0.2, -0.15) is 0 Å². The van der Waals surface area contributed by atoms with Crippen LogP contribution in [-0.4, -0.2) is 19.7 Å². The molecule has 2 aromatic rings. The average molecular weight is 519 g/mol. The van der Waals surface area contributed by atoms with Crippen molar-refractivity contribution in [1.82, 2.24) is 0 Å². The quantitative estimate of drug-likeness (QED) is 0.188. The highest BCUT2D eigenvalue weighted by atomic mass is 127. The van der Waals surface area contributed by atoms with Gasteiger partial charge < -0.3 is 14.2 Å². The molecular weight excluding hydrogens is 502 g/mol. The minimum atomic E-state index is -0.441. The Kier molecular flexibility index (Phi) is 8.47. The van der Waals surface area contributed by atoms with Crippen LogP contribution in [0.2, 0.25) is 10.0 Å². The Morgan fingerprint density at radius 3 is 2.67 bits per heavy atom. The topological polar surface area (TPSA) is 44.8 Å². The highest BCUT2D eigenvalue weighted by Crippen LogP contribution is 2.35. The zero-order valence-corrected chi connectivity index (χ0v) is 18.2. The molecule has 0 unspecified atom stereocenters. The molecule has 0 atom stereocenters. The van der Waals surface area contributed by atoms with Gasteiger partial charge in [-0.15, -0.1) is 0 Å². The summed E-state index contributed by atoms with van der Waals surface area (Å²) in [4.78, 5) is 11.6. The van der Waals surface area contributed by atoms with Gasteiger partial charge in [0.1, 0.15) is 13.2 Å². The highest BCUT2D eigenvalue weighted by Gasteiger charge is 2.12. The SMILES string of the molecule is C=CCOC(=O)/C=C/c1cc(I)c(OCc2ccc(Cl)c(Cl)c2)c(OC)c1. The lowest BCUT2D eigenvalue weighted by Crippen LogP contribution is -2.01. The first-order valence-electron chi connectivity index (χ1n) is 7.84. The Hall–Kier alpha value is -1.70. The molecule has 0 aliphatic rings. The third-order valence-electron chi connectivity index (χ3n) is 3.37. The molecular formula is C20H17Cl2IO4. The van der Waals surface area contributed by atoms with Crippen LogP contribution in [0, 0.1) is 3.57 Å². The lowest BCUT2D eigenvalue weighted by atomic mass is 10.2. The molecule has 2 aromatic carbocycles. The second-order valence-corrected chi connectivity index (χ2v) is 7.30. The maximum atomic E-state index is 11.6. The standard InChI is InChI=1S/C20H17Cl2IO4/c1-3-8-26-19(24)7-5-13-10-17(23)20(18(11-13)25-2)27-12-14-4-6-15(21)16(22)9-14/h3-7,9-11H,1,8,12H2,2H3/b7-5+. The number of esters is 1. The Morgan fingerprint density at radius 2 is 2.00 bits per heavy atom. The second kappa shape index (κ2) is 10.6. The number of carbonyl (C=O) groups is 1. The van der Waals surface area contributed by atoms with Crippen molar-refractivity contribution in [1.29, 1.82) is 0 Å². The second-order valence-electron chi connectivity index (χ2n) is 5.32. The molecule has 27 heavy (non-hydrogen) atoms. The molecule has 0 spiro atoms. The van der Waals surface area contributed by atoms with E-state index in [0.29, 0.717) is 28.2 Å². The Morgan fingerprint density at radius 1 is 1.22 bits per heavy atom. The maximum absolute atomic E-state index is 11.6. The zero-order chi connectivity index (χ0) is 19.8. The number of hydrogen-bond acceptors (Lipinski definition) is 4. The summed E-state index contributed by atoms with van der Waals surface area (Å²) >= 11 is 14.1. The molecule has 7 heteroatoms. The maximum Gasteiger partial charge on any atom is 0.331 e. The molecule has 0 saturated heterocycles. The van der Waals surface area contributed by atoms with Crippen molar-refractivity contribution >= 4 is 57.8 Å². The lowest BCUT2D eigenvalue weighted by Gasteiger charge is -2.14. The molecule has 0 aromatic heterocycles. The van der Waals surface area contributed by atoms with E-state index in [9.17, 15) is 4.79 Å². The third-order valence-corrected chi connectivity index (χ3v) is 4.91. The monoisotopic (exact) mass is 518 g/mol. The molecule has 0 amide bonds. The number of methoxy groups -OCH3 is 1. The van der Waals surface area contributed by atoms with Crippen molar-refractivity contribution < 1.29 is 19.0 Å². The van der Waals surface area contributed by atoms with Crippen molar-refractivity contribution in [3.8, 4) is 11.5 Å². The first-order valence-corrected chi connectivity index (χ1v) is 9.68. The van der Waals surface area contributed by atoms with Crippen LogP contribution in [0.1, 0.15) is 11.1 Å². The summed E-state index contributed by atoms with van der Waals surface area (Å²) < 4.78 is 17.1. The number of benzene rings is 2. The molecule has 4 nitrogen and oxygen atoms in total. The first kappa shape index (κ1) is 21.6. The van der Waals surface area contributed by atoms with E-state index in [1.807, 2.05) is 12.1 Å². The van der Waals surface area contributed by atoms with E-state index >= 15 is 0 Å². The molecule has 0 aliphatic heterocycles. The van der Waals surface area contributed by atoms with E-state index in [0.717, 1.165) is 14.7 Å². The minimum absolute atomic E-state index is 0.172. The van der Waals surface area contributed by atoms with Gasteiger partial charge in [-0.1, -0.05) is 41.9 Å². The van der Waals surface area contributed by atoms with Gasteiger partial charge in [0.25, 0.3) is 0 Å². The van der Waals surface area contributed by atoms with Gasteiger partial charge >= 0.3 is 5.97 Å². The Bertz CT molecular complexity index is 865. The Labute approximate surface area is 181 Å². The molecule has 0 N–H and O–H groups in total. The van der Waals surface area contributed by atoms with Crippen molar-refractivity contribution in [3.05, 3.63) is 73.8 Å². The molecule has 0 bridgehead atoms. The summed E-state index contributed by atoms with van der Waals surface area (Å²) in [5.74, 6) is 0.723. The van der Waals surface area contributed by atoms with Gasteiger partial charge in [0, 0.05) is 6.08 Å². The fourth-order valence-electron chi connectivity index (χ4n) is 2.11. The predicted molar refractivity (Wildman–Crippen MR) is 117 cm³/mol. The normalized spacial score (nSPS) is 10.7. The number of halogens is 3. The fraction of sp³-hybridized carbons (Fsp3) is 0.150. The molecule has 2 rings (SSSR count). The van der Waals surface area contributed by atoms with E-state index in [1.165, 1.54) is 12.2 Å². The van der Waals surface area contributed by atoms with Crippen LogP contribution in [-0.2, 0) is 16.1 Å². The van der Waals surface area contributed by atoms with Crippen LogP contribution in [0.4, 0.5) is 0 Å². The van der Waals surface area contributed by atoms with Crippen LogP contribution in [0.5, 0.6) is 11.5 Å². The smallest absolute Gasteiger partial charge is 0.331 e. The Balaban J connectivity index is 2.15. The summed E-state index contributed by atoms with van der Waals surface area (Å²) in [6.07, 6.45) is 4.52. The van der Waals surface area contributed by atoms with E-state index in [-0.39, 0.29) is 6.61 Å². The molecule has 142 valence electrons. The lowest BCUT2D eigenvalue weighted by molar-refractivity contribution is -0.136. The third kappa shape index (κ3) is 6.45. The predicted octanol–water partition coefficient (Wildman–Crippen LogP) is 5.93. The molecule has 0 fully saturated rings. The number of rotatable bonds is 8. The molecule has 0 heterocycles. The largest absolute Gasteiger partial charge is 0.493 e. The summed E-state index contributed by atoms with van der Waals surface area (Å²) in [6, 6.07) is 8.99. The van der Waals surface area contributed by atoms with Gasteiger partial charge in [-0.25, -0.2) is 4.79 Å². The summed E-state index contributed by atoms with van der Waals surface area (Å²) in [5, 5.41) is 0.971. The minimum Gasteiger partial charge on any atom is -0.493 e. The van der Waals surface area contributed by atoms with Gasteiger partial charge in [0.15, 0.2) is 11.5 Å². The molecule has 0 saturated carbocycles. The first-order chi connectivity index (χ1) is 12.9. The number of carbonyl (C=O) groups excluding carboxylic acids is 1. The van der Waals surface area contributed by atoms with Crippen molar-refractivity contribution in [2.24, 2.45) is 0 Å². The molecule has 0 aliphatic carbocycles. The van der Waals surface area contributed by atoms with Crippen LogP contribution in [0.25, 0.3) is 6.08 Å². The van der Waals surface area contributed by atoms with Gasteiger partial charge in [0.05, 0.1) is 20.7 Å². The van der Waals surface area contributed by atoms with Crippen molar-refractivity contribution in [2.45, 2.75) is 6.61 Å². The van der Waals surface area contributed by atoms with E-state index in [2.05, 4.69) is 29.2 Å². The number of ether oxygens (including phenoxy) is 3. The molecule has 0 radical (unpaired) electrons. The fourth-order valence-corrected chi connectivity index (χ4v) is 3.22. The average Bonchev–Trinajstić information content (AvgIpc) is 2.66. The summed E-state index contributed by atoms with van der Waals surface area (Å²) in [5.41, 5.74) is 1.67. The van der Waals surface area contributed by atoms with Crippen molar-refractivity contribution in [2.75, 3.05) is 13.7 Å². The van der Waals surface area contributed by atoms with E-state index < -0.39 is 5.97 Å². The van der Waals surface area contributed by atoms with Crippen molar-refractivity contribution in [3.63, 3.8) is 0 Å². The van der Waals surface area contributed by atoms with Gasteiger partial charge in [0.2, 0.25) is 0 Å². The van der Waals surface area contributed by atoms with Crippen LogP contribution in [0.3, 0.4) is 0 Å². The van der Waals surface area contributed by atoms with Gasteiger partial charge in [-0.3, -0.25) is 0 Å². The van der Waals surface area contributed by atoms with Crippen LogP contribution < -0.4 is 9.47 Å².